The molecule has 100 valence electrons. The predicted molar refractivity (Wildman–Crippen MR) is 68.7 cm³/mol. The van der Waals surface area contributed by atoms with Crippen LogP contribution in [0.4, 0.5) is 0 Å². The molecule has 1 unspecified atom stereocenters. The quantitative estimate of drug-likeness (QED) is 0.871. The number of hydrogen-bond acceptors (Lipinski definition) is 5. The Kier molecular flexibility index (Phi) is 4.13. The lowest BCUT2D eigenvalue weighted by molar-refractivity contribution is -0.139. The molecule has 0 aliphatic rings. The lowest BCUT2D eigenvalue weighted by Crippen LogP contribution is -2.33. The fourth-order valence-corrected chi connectivity index (χ4v) is 1.61. The molecule has 1 heterocycles. The highest BCUT2D eigenvalue weighted by molar-refractivity contribution is 6.33. The number of nitrogens with one attached hydrogen (secondary N) is 1. The van der Waals surface area contributed by atoms with Crippen LogP contribution >= 0.6 is 11.6 Å². The molecule has 0 spiro atoms. The molecule has 7 heteroatoms. The van der Waals surface area contributed by atoms with Gasteiger partial charge in [-0.05, 0) is 19.1 Å². The number of hydrogen-bond donors (Lipinski definition) is 2. The van der Waals surface area contributed by atoms with Gasteiger partial charge in [-0.15, -0.1) is 10.2 Å². The molecule has 2 N–H and O–H groups in total. The summed E-state index contributed by atoms with van der Waals surface area (Å²) in [5.74, 6) is -0.320. The molecule has 0 amide bonds. The highest BCUT2D eigenvalue weighted by Crippen LogP contribution is 2.26. The molecule has 0 aliphatic heterocycles. The Hall–Kier alpha value is -1.92. The molecule has 0 aliphatic carbocycles. The number of benzene rings is 1. The van der Waals surface area contributed by atoms with Crippen LogP contribution in [0.15, 0.2) is 28.7 Å². The highest BCUT2D eigenvalue weighted by Gasteiger charge is 2.14. The van der Waals surface area contributed by atoms with Gasteiger partial charge < -0.3 is 9.52 Å². The van der Waals surface area contributed by atoms with Crippen LogP contribution in [0.5, 0.6) is 0 Å². The standard InChI is InChI=1S/C12H12ClN3O3/c1-7(12(17)18)14-6-10-15-16-11(19-10)8-4-2-3-5-9(8)13/h2-5,7,14H,6H2,1H3,(H,17,18). The zero-order chi connectivity index (χ0) is 13.8. The number of carboxylic acids is 1. The summed E-state index contributed by atoms with van der Waals surface area (Å²) < 4.78 is 5.42. The van der Waals surface area contributed by atoms with Crippen LogP contribution in [0.1, 0.15) is 12.8 Å². The zero-order valence-corrected chi connectivity index (χ0v) is 10.9. The minimum absolute atomic E-state index is 0.185. The van der Waals surface area contributed by atoms with Gasteiger partial charge in [0.25, 0.3) is 0 Å². The smallest absolute Gasteiger partial charge is 0.320 e. The Morgan fingerprint density at radius 2 is 2.21 bits per heavy atom. The maximum atomic E-state index is 10.6. The maximum absolute atomic E-state index is 10.6. The molecule has 0 radical (unpaired) electrons. The van der Waals surface area contributed by atoms with Gasteiger partial charge in [0.1, 0.15) is 6.04 Å². The molecule has 6 nitrogen and oxygen atoms in total. The van der Waals surface area contributed by atoms with Crippen LogP contribution in [0.2, 0.25) is 5.02 Å². The van der Waals surface area contributed by atoms with Gasteiger partial charge in [-0.2, -0.15) is 0 Å². The summed E-state index contributed by atoms with van der Waals surface area (Å²) >= 11 is 6.02. The van der Waals surface area contributed by atoms with Crippen LogP contribution < -0.4 is 5.32 Å². The largest absolute Gasteiger partial charge is 0.480 e. The van der Waals surface area contributed by atoms with E-state index in [-0.39, 0.29) is 6.54 Å². The lowest BCUT2D eigenvalue weighted by Gasteiger charge is -2.05. The van der Waals surface area contributed by atoms with E-state index in [0.717, 1.165) is 0 Å². The summed E-state index contributed by atoms with van der Waals surface area (Å²) in [7, 11) is 0. The van der Waals surface area contributed by atoms with E-state index in [1.165, 1.54) is 6.92 Å². The van der Waals surface area contributed by atoms with Crippen molar-refractivity contribution in [3.05, 3.63) is 35.2 Å². The third-order valence-corrected chi connectivity index (χ3v) is 2.83. The molecule has 19 heavy (non-hydrogen) atoms. The van der Waals surface area contributed by atoms with Gasteiger partial charge >= 0.3 is 5.97 Å². The molecule has 2 rings (SSSR count). The summed E-state index contributed by atoms with van der Waals surface area (Å²) in [6.45, 7) is 1.72. The fourth-order valence-electron chi connectivity index (χ4n) is 1.40. The van der Waals surface area contributed by atoms with E-state index >= 15 is 0 Å². The summed E-state index contributed by atoms with van der Waals surface area (Å²) in [5, 5.41) is 19.7. The van der Waals surface area contributed by atoms with E-state index in [1.807, 2.05) is 6.07 Å². The van der Waals surface area contributed by atoms with Crippen molar-refractivity contribution in [1.29, 1.82) is 0 Å². The second-order valence-electron chi connectivity index (χ2n) is 3.92. The molecule has 1 aromatic heterocycles. The van der Waals surface area contributed by atoms with Crippen molar-refractivity contribution in [2.75, 3.05) is 0 Å². The molecular weight excluding hydrogens is 270 g/mol. The van der Waals surface area contributed by atoms with Crippen LogP contribution in [0, 0.1) is 0 Å². The zero-order valence-electron chi connectivity index (χ0n) is 10.1. The third kappa shape index (κ3) is 3.30. The molecule has 0 bridgehead atoms. The van der Waals surface area contributed by atoms with E-state index in [1.54, 1.807) is 18.2 Å². The van der Waals surface area contributed by atoms with Crippen LogP contribution in [0.3, 0.4) is 0 Å². The van der Waals surface area contributed by atoms with E-state index < -0.39 is 12.0 Å². The fraction of sp³-hybridized carbons (Fsp3) is 0.250. The molecule has 0 fully saturated rings. The van der Waals surface area contributed by atoms with Gasteiger partial charge in [0.05, 0.1) is 17.1 Å². The van der Waals surface area contributed by atoms with Crippen LogP contribution in [-0.2, 0) is 11.3 Å². The number of nitrogens with zero attached hydrogens (tertiary/aromatic N) is 2. The van der Waals surface area contributed by atoms with Crippen LogP contribution in [-0.4, -0.2) is 27.3 Å². The monoisotopic (exact) mass is 281 g/mol. The maximum Gasteiger partial charge on any atom is 0.320 e. The minimum Gasteiger partial charge on any atom is -0.480 e. The van der Waals surface area contributed by atoms with Gasteiger partial charge in [-0.1, -0.05) is 23.7 Å². The Bertz CT molecular complexity index is 585. The van der Waals surface area contributed by atoms with Crippen LogP contribution in [0.25, 0.3) is 11.5 Å². The first-order chi connectivity index (χ1) is 9.08. The normalized spacial score (nSPS) is 12.3. The Labute approximate surface area is 114 Å². The summed E-state index contributed by atoms with van der Waals surface area (Å²) in [4.78, 5) is 10.6. The summed E-state index contributed by atoms with van der Waals surface area (Å²) in [6, 6.07) is 6.43. The first-order valence-corrected chi connectivity index (χ1v) is 5.99. The Morgan fingerprint density at radius 1 is 1.47 bits per heavy atom. The van der Waals surface area contributed by atoms with Crippen molar-refractivity contribution in [2.45, 2.75) is 19.5 Å². The van der Waals surface area contributed by atoms with Crippen molar-refractivity contribution < 1.29 is 14.3 Å². The van der Waals surface area contributed by atoms with E-state index in [9.17, 15) is 4.79 Å². The average Bonchev–Trinajstić information content (AvgIpc) is 2.85. The first-order valence-electron chi connectivity index (χ1n) is 5.61. The Balaban J connectivity index is 2.08. The lowest BCUT2D eigenvalue weighted by atomic mass is 10.2. The van der Waals surface area contributed by atoms with E-state index in [2.05, 4.69) is 15.5 Å². The van der Waals surface area contributed by atoms with E-state index in [0.29, 0.717) is 22.4 Å². The highest BCUT2D eigenvalue weighted by atomic mass is 35.5. The van der Waals surface area contributed by atoms with Gasteiger partial charge in [0.15, 0.2) is 0 Å². The van der Waals surface area contributed by atoms with Crippen molar-refractivity contribution in [2.24, 2.45) is 0 Å². The van der Waals surface area contributed by atoms with Gasteiger partial charge in [-0.3, -0.25) is 10.1 Å². The molecule has 0 saturated carbocycles. The number of aliphatic carboxylic acids is 1. The number of carboxylic acid groups (broad SMARTS) is 1. The molecule has 1 atom stereocenters. The SMILES string of the molecule is CC(NCc1nnc(-c2ccccc2Cl)o1)C(=O)O. The first kappa shape index (κ1) is 13.5. The number of halogens is 1. The number of carbonyl (C=O) groups is 1. The Morgan fingerprint density at radius 3 is 2.89 bits per heavy atom. The summed E-state index contributed by atoms with van der Waals surface area (Å²) in [6.07, 6.45) is 0. The molecule has 1 aromatic carbocycles. The molecular formula is C12H12ClN3O3. The van der Waals surface area contributed by atoms with Crippen molar-refractivity contribution >= 4 is 17.6 Å². The molecule has 0 saturated heterocycles. The minimum atomic E-state index is -0.939. The topological polar surface area (TPSA) is 88.3 Å². The van der Waals surface area contributed by atoms with Crippen molar-refractivity contribution in [1.82, 2.24) is 15.5 Å². The molecule has 2 aromatic rings. The van der Waals surface area contributed by atoms with Crippen molar-refractivity contribution in [3.63, 3.8) is 0 Å². The number of rotatable bonds is 5. The average molecular weight is 282 g/mol. The third-order valence-electron chi connectivity index (χ3n) is 2.50. The second-order valence-corrected chi connectivity index (χ2v) is 4.33. The van der Waals surface area contributed by atoms with E-state index in [4.69, 9.17) is 21.1 Å². The van der Waals surface area contributed by atoms with Gasteiger partial charge in [-0.25, -0.2) is 0 Å². The van der Waals surface area contributed by atoms with Gasteiger partial charge in [0, 0.05) is 0 Å². The predicted octanol–water partition coefficient (Wildman–Crippen LogP) is 1.95. The number of aromatic nitrogens is 2. The summed E-state index contributed by atoms with van der Waals surface area (Å²) in [5.41, 5.74) is 0.647. The van der Waals surface area contributed by atoms with Gasteiger partial charge in [0.2, 0.25) is 11.8 Å². The van der Waals surface area contributed by atoms with Crippen molar-refractivity contribution in [3.8, 4) is 11.5 Å². The second kappa shape index (κ2) is 5.81.